The van der Waals surface area contributed by atoms with Gasteiger partial charge in [-0.3, -0.25) is 48.1 Å². The van der Waals surface area contributed by atoms with E-state index in [-0.39, 0.29) is 86.2 Å². The maximum absolute atomic E-state index is 15.3. The van der Waals surface area contributed by atoms with Crippen LogP contribution in [0.5, 0.6) is 0 Å². The van der Waals surface area contributed by atoms with Crippen molar-refractivity contribution in [2.75, 3.05) is 74.5 Å². The Morgan fingerprint density at radius 3 is 2.06 bits per heavy atom. The molecule has 21 nitrogen and oxygen atoms in total. The topological polar surface area (TPSA) is 250 Å². The van der Waals surface area contributed by atoms with Crippen LogP contribution in [0, 0.1) is 40.9 Å². The Bertz CT molecular complexity index is 2860. The Morgan fingerprint density at radius 2 is 1.45 bits per heavy atom. The third-order valence-corrected chi connectivity index (χ3v) is 23.5. The van der Waals surface area contributed by atoms with Crippen molar-refractivity contribution in [1.82, 2.24) is 49.8 Å². The molecule has 9 rings (SSSR count). The van der Waals surface area contributed by atoms with Gasteiger partial charge in [0.1, 0.15) is 55.2 Å². The summed E-state index contributed by atoms with van der Waals surface area (Å²) in [4.78, 5) is 145. The molecule has 4 unspecified atom stereocenters. The molecule has 0 radical (unpaired) electrons. The Balaban J connectivity index is 1.02. The molecule has 4 bridgehead atoms. The van der Waals surface area contributed by atoms with Gasteiger partial charge in [-0.2, -0.15) is 13.2 Å². The van der Waals surface area contributed by atoms with E-state index in [0.29, 0.717) is 77.3 Å². The van der Waals surface area contributed by atoms with E-state index in [1.165, 1.54) is 50.5 Å². The second-order valence-corrected chi connectivity index (χ2v) is 31.6. The highest BCUT2D eigenvalue weighted by Crippen LogP contribution is 2.48. The van der Waals surface area contributed by atoms with Crippen LogP contribution < -0.4 is 16.4 Å². The van der Waals surface area contributed by atoms with Crippen molar-refractivity contribution >= 4 is 53.2 Å². The molecule has 9 aliphatic rings. The van der Waals surface area contributed by atoms with Gasteiger partial charge < -0.3 is 55.8 Å². The second kappa shape index (κ2) is 34.5. The fraction of sp³-hybridized carbons (Fsp3) is 0.822. The van der Waals surface area contributed by atoms with Crippen molar-refractivity contribution in [2.45, 2.75) is 267 Å². The largest absolute Gasteiger partial charge is 0.397 e. The normalized spacial score (nSPS) is 30.5. The maximum atomic E-state index is 15.3. The van der Waals surface area contributed by atoms with Crippen molar-refractivity contribution < 1.29 is 70.2 Å². The number of hydrogen-bond acceptors (Lipinski definition) is 12. The van der Waals surface area contributed by atoms with Gasteiger partial charge in [-0.25, -0.2) is 8.78 Å². The van der Waals surface area contributed by atoms with E-state index in [2.05, 4.69) is 36.6 Å². The fourth-order valence-corrected chi connectivity index (χ4v) is 17.4. The minimum absolute atomic E-state index is 0.0157. The van der Waals surface area contributed by atoms with Crippen LogP contribution in [0.1, 0.15) is 195 Å². The first kappa shape index (κ1) is 79.0. The number of allylic oxidation sites excluding steroid dienone is 2. The minimum atomic E-state index is -4.98. The number of fused-ring (bicyclic) bond motifs is 15. The summed E-state index contributed by atoms with van der Waals surface area (Å²) in [6, 6.07) is -6.69. The van der Waals surface area contributed by atoms with Gasteiger partial charge in [-0.15, -0.1) is 0 Å². The van der Waals surface area contributed by atoms with Gasteiger partial charge in [0.2, 0.25) is 53.2 Å². The van der Waals surface area contributed by atoms with Crippen LogP contribution in [0.25, 0.3) is 0 Å². The highest BCUT2D eigenvalue weighted by Gasteiger charge is 2.56. The number of hydrogen-bond donors (Lipinski definition) is 4. The number of carbonyl (C=O) groups excluding carboxylic acids is 9. The van der Waals surface area contributed by atoms with Crippen molar-refractivity contribution in [1.29, 1.82) is 0 Å². The van der Waals surface area contributed by atoms with Crippen LogP contribution in [-0.4, -0.2) is 245 Å². The number of likely N-dealkylation sites (N-methyl/N-ethyl adjacent to an activating group) is 5. The molecule has 6 fully saturated rings. The van der Waals surface area contributed by atoms with Crippen LogP contribution in [-0.2, 0) is 43.2 Å². The molecular formula is C73H116F5N11O10. The third kappa shape index (κ3) is 19.9. The molecule has 99 heavy (non-hydrogen) atoms. The molecule has 5 N–H and O–H groups in total. The average molecular weight is 1400 g/mol. The van der Waals surface area contributed by atoms with E-state index < -0.39 is 158 Å². The predicted octanol–water partition coefficient (Wildman–Crippen LogP) is 7.43. The van der Waals surface area contributed by atoms with Gasteiger partial charge in [0.25, 0.3) is 0 Å². The molecule has 4 aliphatic heterocycles. The number of aliphatic hydroxyl groups is 1. The van der Waals surface area contributed by atoms with Gasteiger partial charge in [-0.05, 0) is 183 Å². The maximum Gasteiger partial charge on any atom is 0.397 e. The molecule has 558 valence electrons. The molecule has 0 spiro atoms. The fourth-order valence-electron chi connectivity index (χ4n) is 17.4. The minimum Gasteiger partial charge on any atom is -0.376 e. The molecule has 5 aliphatic carbocycles. The Hall–Kier alpha value is -5.76. The summed E-state index contributed by atoms with van der Waals surface area (Å²) in [5.41, 5.74) is 5.56. The van der Waals surface area contributed by atoms with Gasteiger partial charge in [0.15, 0.2) is 0 Å². The highest BCUT2D eigenvalue weighted by molar-refractivity contribution is 5.97. The number of amides is 9. The SMILES string of the molecule is CC[C@H](C)[C@@H]1NC(=O)C(N(C)C(=O)C[C@@H](C(=O)N2CCCC2)N(C)C(O)[C@H](C2CCCC2)N(C)C(=O)C2(N)CC(C)(C)C2)CCC/C=C/C2CCC(CC2)C[C@@H](C(=O)N(C)CC(=O)NCCCC2CC(F)C(C(F)(F)F)C(F)C2)N2CC/C=C\C[C@@H](C2=O)N(C)C(=O)CN(C2CC2)C1=O. The summed E-state index contributed by atoms with van der Waals surface area (Å²) in [7, 11) is 7.81. The summed E-state index contributed by atoms with van der Waals surface area (Å²) in [6.07, 6.45) is 8.40. The Labute approximate surface area is 583 Å². The molecule has 0 aromatic heterocycles. The molecule has 4 heterocycles. The van der Waals surface area contributed by atoms with Gasteiger partial charge >= 0.3 is 6.18 Å². The van der Waals surface area contributed by atoms with Crippen molar-refractivity contribution in [3.8, 4) is 0 Å². The zero-order valence-electron chi connectivity index (χ0n) is 60.3. The molecule has 0 aromatic rings. The average Bonchev–Trinajstić information content (AvgIpc) is 1.67. The molecule has 9 amide bonds. The second-order valence-electron chi connectivity index (χ2n) is 31.6. The molecular weight excluding hydrogens is 1290 g/mol. The number of nitrogens with two attached hydrogens (primary N) is 1. The quantitative estimate of drug-likeness (QED) is 0.0306. The number of likely N-dealkylation sites (tertiary alicyclic amines) is 1. The summed E-state index contributed by atoms with van der Waals surface area (Å²) >= 11 is 0. The van der Waals surface area contributed by atoms with E-state index in [0.717, 1.165) is 51.4 Å². The summed E-state index contributed by atoms with van der Waals surface area (Å²) in [5.74, 6) is -7.98. The Morgan fingerprint density at radius 1 is 0.808 bits per heavy atom. The summed E-state index contributed by atoms with van der Waals surface area (Å²) in [6.45, 7) is 8.16. The molecule has 0 aromatic carbocycles. The van der Waals surface area contributed by atoms with Crippen LogP contribution in [0.4, 0.5) is 22.0 Å². The number of carbonyl (C=O) groups is 9. The number of rotatable bonds is 20. The molecule has 26 heteroatoms. The third-order valence-electron chi connectivity index (χ3n) is 23.5. The lowest BCUT2D eigenvalue weighted by Gasteiger charge is -2.52. The van der Waals surface area contributed by atoms with E-state index >= 15 is 19.2 Å². The van der Waals surface area contributed by atoms with E-state index in [4.69, 9.17) is 5.73 Å². The first-order chi connectivity index (χ1) is 46.7. The number of nitrogens with one attached hydrogen (secondary N) is 2. The standard InChI is InChI=1S/C73H116F5N11O10/c1-10-46(2)62-68(97)89(51-32-33-51)43-60(92)84(7)55-27-15-12-18-37-88(67(55)96)57(65(94)82(5)42-58(90)80-34-21-23-49-38-52(74)61(53(75)39-49)73(76,77)78)40-48-30-28-47(29-31-48)22-13-11-14-26-54(64(93)81-62)83(6)59(91)41-56(66(95)87-35-19-20-36-87)85(8)69(98)63(50-24-16-17-25-50)86(9)70(99)72(79)44-71(3,4)45-72/h12-13,15,22,46-57,61-63,69,98H,10-11,14,16-21,23-45,79H2,1-9H3,(H,80,90)(H,81,93)/b15-12-,22-13+/t46-,47?,48?,49?,52?,53?,54?,55-,56-,57-,61?,62-,63-,69?/m0/s1. The smallest absolute Gasteiger partial charge is 0.376 e. The zero-order valence-corrected chi connectivity index (χ0v) is 60.3. The monoisotopic (exact) mass is 1400 g/mol. The first-order valence-electron chi connectivity index (χ1n) is 37.1. The van der Waals surface area contributed by atoms with Crippen molar-refractivity contribution in [3.05, 3.63) is 24.3 Å². The van der Waals surface area contributed by atoms with Crippen LogP contribution in [0.2, 0.25) is 0 Å². The van der Waals surface area contributed by atoms with E-state index in [9.17, 15) is 51.0 Å². The number of alkyl halides is 5. The van der Waals surface area contributed by atoms with Crippen molar-refractivity contribution in [2.24, 2.45) is 46.7 Å². The first-order valence-corrected chi connectivity index (χ1v) is 37.1. The van der Waals surface area contributed by atoms with Crippen LogP contribution >= 0.6 is 0 Å². The van der Waals surface area contributed by atoms with E-state index in [1.807, 2.05) is 26.0 Å². The van der Waals surface area contributed by atoms with E-state index in [1.54, 1.807) is 23.9 Å². The number of nitrogens with zero attached hydrogens (tertiary/aromatic N) is 8. The summed E-state index contributed by atoms with van der Waals surface area (Å²) in [5, 5.41) is 18.5. The van der Waals surface area contributed by atoms with Gasteiger partial charge in [-0.1, -0.05) is 71.3 Å². The zero-order chi connectivity index (χ0) is 72.4. The van der Waals surface area contributed by atoms with Gasteiger partial charge in [0.05, 0.1) is 30.6 Å². The van der Waals surface area contributed by atoms with Crippen molar-refractivity contribution in [3.63, 3.8) is 0 Å². The lowest BCUT2D eigenvalue weighted by molar-refractivity contribution is -0.219. The number of halogens is 5. The Kier molecular flexibility index (Phi) is 27.5. The summed E-state index contributed by atoms with van der Waals surface area (Å²) < 4.78 is 69.0. The molecule has 10 atom stereocenters. The number of aliphatic hydroxyl groups excluding tert-OH is 1. The molecule has 5 saturated carbocycles. The molecule has 1 saturated heterocycles. The van der Waals surface area contributed by atoms with Crippen LogP contribution in [0.3, 0.4) is 0 Å². The van der Waals surface area contributed by atoms with Gasteiger partial charge in [0, 0.05) is 60.4 Å². The highest BCUT2D eigenvalue weighted by atomic mass is 19.4. The lowest BCUT2D eigenvalue weighted by Crippen LogP contribution is -2.68. The lowest BCUT2D eigenvalue weighted by atomic mass is 9.59. The predicted molar refractivity (Wildman–Crippen MR) is 365 cm³/mol. The van der Waals surface area contributed by atoms with Crippen LogP contribution in [0.15, 0.2) is 24.3 Å².